The van der Waals surface area contributed by atoms with Gasteiger partial charge in [-0.15, -0.1) is 0 Å². The lowest BCUT2D eigenvalue weighted by Gasteiger charge is -2.30. The maximum absolute atomic E-state index is 11.7. The predicted molar refractivity (Wildman–Crippen MR) is 65.3 cm³/mol. The Balaban J connectivity index is 2.17. The first-order chi connectivity index (χ1) is 8.14. The van der Waals surface area contributed by atoms with E-state index in [4.69, 9.17) is 0 Å². The van der Waals surface area contributed by atoms with E-state index >= 15 is 0 Å². The van der Waals surface area contributed by atoms with Crippen molar-refractivity contribution in [1.29, 1.82) is 0 Å². The van der Waals surface area contributed by atoms with Crippen molar-refractivity contribution < 1.29 is 9.59 Å². The molecular weight excluding hydrogens is 216 g/mol. The number of nitrogens with one attached hydrogen (secondary N) is 1. The molecule has 0 spiro atoms. The molecule has 4 nitrogen and oxygen atoms in total. The Morgan fingerprint density at radius 3 is 3.12 bits per heavy atom. The van der Waals surface area contributed by atoms with E-state index in [1.807, 2.05) is 23.1 Å². The second-order valence-corrected chi connectivity index (χ2v) is 5.03. The Morgan fingerprint density at radius 1 is 1.53 bits per heavy atom. The van der Waals surface area contributed by atoms with Crippen LogP contribution in [-0.2, 0) is 15.0 Å². The molecule has 2 aliphatic heterocycles. The van der Waals surface area contributed by atoms with Crippen LogP contribution in [0.2, 0.25) is 0 Å². The monoisotopic (exact) mass is 230 g/mol. The molecule has 0 aromatic heterocycles. The molecule has 1 aromatic rings. The molecule has 0 saturated carbocycles. The van der Waals surface area contributed by atoms with Crippen LogP contribution < -0.4 is 10.2 Å². The molecule has 17 heavy (non-hydrogen) atoms. The molecule has 1 unspecified atom stereocenters. The minimum atomic E-state index is -0.155. The molecule has 1 atom stereocenters. The fourth-order valence-corrected chi connectivity index (χ4v) is 3.07. The first kappa shape index (κ1) is 10.3. The highest BCUT2D eigenvalue weighted by atomic mass is 16.1. The first-order valence-corrected chi connectivity index (χ1v) is 5.76. The van der Waals surface area contributed by atoms with Gasteiger partial charge in [-0.2, -0.15) is 0 Å². The van der Waals surface area contributed by atoms with Gasteiger partial charge in [-0.05, 0) is 12.1 Å². The summed E-state index contributed by atoms with van der Waals surface area (Å²) >= 11 is 0. The standard InChI is InChI=1S/C13H14N2O2/c1-13-7-11(17)14-9-3-2-4-10(12(9)13)15(8-13)5-6-16/h2-4,6H,5,7-8H2,1H3,(H,14,17). The Hall–Kier alpha value is -1.84. The number of amides is 1. The summed E-state index contributed by atoms with van der Waals surface area (Å²) in [5.41, 5.74) is 3.00. The topological polar surface area (TPSA) is 49.4 Å². The highest BCUT2D eigenvalue weighted by Crippen LogP contribution is 2.48. The van der Waals surface area contributed by atoms with Crippen molar-refractivity contribution in [3.05, 3.63) is 23.8 Å². The van der Waals surface area contributed by atoms with Gasteiger partial charge in [0.15, 0.2) is 0 Å². The number of rotatable bonds is 2. The van der Waals surface area contributed by atoms with Gasteiger partial charge < -0.3 is 15.0 Å². The molecule has 2 aliphatic rings. The third-order valence-electron chi connectivity index (χ3n) is 3.65. The normalized spacial score (nSPS) is 25.5. The molecule has 0 aliphatic carbocycles. The predicted octanol–water partition coefficient (Wildman–Crippen LogP) is 1.31. The van der Waals surface area contributed by atoms with Gasteiger partial charge in [0.1, 0.15) is 6.29 Å². The van der Waals surface area contributed by atoms with Gasteiger partial charge in [-0.1, -0.05) is 13.0 Å². The van der Waals surface area contributed by atoms with E-state index in [-0.39, 0.29) is 11.3 Å². The molecular formula is C13H14N2O2. The van der Waals surface area contributed by atoms with E-state index in [0.717, 1.165) is 24.2 Å². The van der Waals surface area contributed by atoms with Gasteiger partial charge >= 0.3 is 0 Å². The summed E-state index contributed by atoms with van der Waals surface area (Å²) in [5.74, 6) is 0.0603. The van der Waals surface area contributed by atoms with Crippen molar-refractivity contribution in [3.63, 3.8) is 0 Å². The zero-order valence-electron chi connectivity index (χ0n) is 9.69. The molecule has 4 heteroatoms. The molecule has 88 valence electrons. The van der Waals surface area contributed by atoms with Crippen molar-refractivity contribution in [1.82, 2.24) is 0 Å². The lowest BCUT2D eigenvalue weighted by atomic mass is 9.78. The summed E-state index contributed by atoms with van der Waals surface area (Å²) < 4.78 is 0. The van der Waals surface area contributed by atoms with E-state index in [1.54, 1.807) is 0 Å². The summed E-state index contributed by atoms with van der Waals surface area (Å²) in [6, 6.07) is 5.87. The van der Waals surface area contributed by atoms with Crippen LogP contribution in [0, 0.1) is 0 Å². The highest BCUT2D eigenvalue weighted by molar-refractivity contribution is 5.98. The molecule has 0 saturated heterocycles. The maximum Gasteiger partial charge on any atom is 0.225 e. The molecule has 3 rings (SSSR count). The minimum Gasteiger partial charge on any atom is -0.363 e. The van der Waals surface area contributed by atoms with Crippen molar-refractivity contribution in [2.24, 2.45) is 0 Å². The van der Waals surface area contributed by atoms with E-state index in [1.165, 1.54) is 5.56 Å². The zero-order valence-corrected chi connectivity index (χ0v) is 9.69. The molecule has 0 bridgehead atoms. The number of benzene rings is 1. The second kappa shape index (κ2) is 3.32. The third kappa shape index (κ3) is 1.37. The molecule has 0 fully saturated rings. The lowest BCUT2D eigenvalue weighted by Crippen LogP contribution is -2.38. The largest absolute Gasteiger partial charge is 0.363 e. The Bertz CT molecular complexity index is 512. The SMILES string of the molecule is CC12CC(=O)Nc3cccc(c31)N(CC=O)C2. The molecule has 1 N–H and O–H groups in total. The first-order valence-electron chi connectivity index (χ1n) is 5.76. The van der Waals surface area contributed by atoms with Crippen LogP contribution in [-0.4, -0.2) is 25.3 Å². The van der Waals surface area contributed by atoms with Crippen LogP contribution in [0.4, 0.5) is 11.4 Å². The number of anilines is 2. The molecule has 1 aromatic carbocycles. The number of hydrogen-bond donors (Lipinski definition) is 1. The Kier molecular flexibility index (Phi) is 2.02. The molecule has 2 heterocycles. The fourth-order valence-electron chi connectivity index (χ4n) is 3.07. The summed E-state index contributed by atoms with van der Waals surface area (Å²) in [5, 5.41) is 2.91. The van der Waals surface area contributed by atoms with Gasteiger partial charge in [0.25, 0.3) is 0 Å². The van der Waals surface area contributed by atoms with Crippen LogP contribution >= 0.6 is 0 Å². The fraction of sp³-hybridized carbons (Fsp3) is 0.385. The number of carbonyl (C=O) groups excluding carboxylic acids is 2. The maximum atomic E-state index is 11.7. The number of hydrogen-bond acceptors (Lipinski definition) is 3. The molecule has 0 radical (unpaired) electrons. The summed E-state index contributed by atoms with van der Waals surface area (Å²) in [7, 11) is 0. The van der Waals surface area contributed by atoms with Crippen molar-refractivity contribution >= 4 is 23.6 Å². The van der Waals surface area contributed by atoms with E-state index in [2.05, 4.69) is 12.2 Å². The molecule has 1 amide bonds. The highest BCUT2D eigenvalue weighted by Gasteiger charge is 2.44. The Morgan fingerprint density at radius 2 is 2.35 bits per heavy atom. The number of aldehydes is 1. The van der Waals surface area contributed by atoms with Gasteiger partial charge in [-0.25, -0.2) is 0 Å². The van der Waals surface area contributed by atoms with Crippen LogP contribution in [0.25, 0.3) is 0 Å². The zero-order chi connectivity index (χ0) is 12.0. The summed E-state index contributed by atoms with van der Waals surface area (Å²) in [4.78, 5) is 24.4. The summed E-state index contributed by atoms with van der Waals surface area (Å²) in [6.07, 6.45) is 1.40. The van der Waals surface area contributed by atoms with Crippen molar-refractivity contribution in [3.8, 4) is 0 Å². The number of carbonyl (C=O) groups is 2. The smallest absolute Gasteiger partial charge is 0.225 e. The van der Waals surface area contributed by atoms with E-state index in [9.17, 15) is 9.59 Å². The van der Waals surface area contributed by atoms with Crippen LogP contribution in [0.5, 0.6) is 0 Å². The van der Waals surface area contributed by atoms with Crippen LogP contribution in [0.3, 0.4) is 0 Å². The van der Waals surface area contributed by atoms with Crippen LogP contribution in [0.15, 0.2) is 18.2 Å². The third-order valence-corrected chi connectivity index (χ3v) is 3.65. The van der Waals surface area contributed by atoms with Gasteiger partial charge in [-0.3, -0.25) is 4.79 Å². The average molecular weight is 230 g/mol. The minimum absolute atomic E-state index is 0.0603. The van der Waals surface area contributed by atoms with Crippen molar-refractivity contribution in [2.45, 2.75) is 18.8 Å². The second-order valence-electron chi connectivity index (χ2n) is 5.03. The quantitative estimate of drug-likeness (QED) is 0.779. The van der Waals surface area contributed by atoms with Gasteiger partial charge in [0.05, 0.1) is 6.54 Å². The van der Waals surface area contributed by atoms with Gasteiger partial charge in [0, 0.05) is 35.3 Å². The van der Waals surface area contributed by atoms with Crippen molar-refractivity contribution in [2.75, 3.05) is 23.3 Å². The number of nitrogens with zero attached hydrogens (tertiary/aromatic N) is 1. The Labute approximate surface area is 99.6 Å². The average Bonchev–Trinajstić information content (AvgIpc) is 2.53. The lowest BCUT2D eigenvalue weighted by molar-refractivity contribution is -0.117. The van der Waals surface area contributed by atoms with Crippen LogP contribution in [0.1, 0.15) is 18.9 Å². The van der Waals surface area contributed by atoms with E-state index in [0.29, 0.717) is 13.0 Å². The summed E-state index contributed by atoms with van der Waals surface area (Å²) in [6.45, 7) is 3.23. The van der Waals surface area contributed by atoms with Gasteiger partial charge in [0.2, 0.25) is 5.91 Å². The van der Waals surface area contributed by atoms with E-state index < -0.39 is 0 Å².